The number of aliphatic hydroxyl groups excluding tert-OH is 1. The third-order valence-corrected chi connectivity index (χ3v) is 4.11. The molecule has 1 heterocycles. The van der Waals surface area contributed by atoms with Crippen LogP contribution in [-0.4, -0.2) is 34.0 Å². The van der Waals surface area contributed by atoms with E-state index in [2.05, 4.69) is 27.8 Å². The minimum absolute atomic E-state index is 0.216. The minimum Gasteiger partial charge on any atom is -0.391 e. The number of aromatic nitrogens is 2. The molecule has 2 amide bonds. The molecule has 0 aromatic carbocycles. The molecule has 1 atom stereocenters. The molecule has 0 saturated carbocycles. The van der Waals surface area contributed by atoms with Crippen LogP contribution in [0.25, 0.3) is 0 Å². The van der Waals surface area contributed by atoms with Gasteiger partial charge in [-0.1, -0.05) is 44.9 Å². The number of hydrogen-bond acceptors (Lipinski definition) is 5. The van der Waals surface area contributed by atoms with Gasteiger partial charge in [0.2, 0.25) is 5.13 Å². The zero-order valence-corrected chi connectivity index (χ0v) is 13.2. The van der Waals surface area contributed by atoms with Gasteiger partial charge in [-0.15, -0.1) is 10.2 Å². The first-order chi connectivity index (χ1) is 9.60. The van der Waals surface area contributed by atoms with Gasteiger partial charge in [0, 0.05) is 13.0 Å². The Morgan fingerprint density at radius 2 is 2.00 bits per heavy atom. The molecule has 7 heteroatoms. The maximum absolute atomic E-state index is 11.7. The van der Waals surface area contributed by atoms with Crippen LogP contribution < -0.4 is 10.6 Å². The molecular weight excluding hydrogens is 276 g/mol. The van der Waals surface area contributed by atoms with E-state index >= 15 is 0 Å². The predicted octanol–water partition coefficient (Wildman–Crippen LogP) is 2.41. The van der Waals surface area contributed by atoms with Crippen LogP contribution in [0.4, 0.5) is 9.93 Å². The van der Waals surface area contributed by atoms with E-state index < -0.39 is 6.10 Å². The van der Waals surface area contributed by atoms with Crippen molar-refractivity contribution in [3.63, 3.8) is 0 Å². The van der Waals surface area contributed by atoms with E-state index in [-0.39, 0.29) is 18.5 Å². The Kier molecular flexibility index (Phi) is 7.46. The maximum atomic E-state index is 11.7. The highest BCUT2D eigenvalue weighted by molar-refractivity contribution is 7.15. The summed E-state index contributed by atoms with van der Waals surface area (Å²) in [5, 5.41) is 24.5. The lowest BCUT2D eigenvalue weighted by molar-refractivity contribution is 0.104. The summed E-state index contributed by atoms with van der Waals surface area (Å²) in [6, 6.07) is -0.353. The zero-order chi connectivity index (χ0) is 15.0. The molecule has 0 aliphatic rings. The predicted molar refractivity (Wildman–Crippen MR) is 81.0 cm³/mol. The molecule has 3 N–H and O–H groups in total. The number of aryl methyl sites for hydroxylation is 1. The number of nitrogens with one attached hydrogen (secondary N) is 2. The molecule has 6 nitrogen and oxygen atoms in total. The van der Waals surface area contributed by atoms with Crippen LogP contribution in [-0.2, 0) is 6.42 Å². The second-order valence-corrected chi connectivity index (χ2v) is 5.79. The van der Waals surface area contributed by atoms with Gasteiger partial charge in [-0.3, -0.25) is 5.32 Å². The summed E-state index contributed by atoms with van der Waals surface area (Å²) >= 11 is 1.38. The number of nitrogens with zero attached hydrogens (tertiary/aromatic N) is 2. The molecule has 114 valence electrons. The average molecular weight is 300 g/mol. The monoisotopic (exact) mass is 300 g/mol. The Balaban J connectivity index is 2.35. The number of aliphatic hydroxyl groups is 1. The summed E-state index contributed by atoms with van der Waals surface area (Å²) < 4.78 is 0. The lowest BCUT2D eigenvalue weighted by Gasteiger charge is -2.20. The van der Waals surface area contributed by atoms with Crippen molar-refractivity contribution in [2.45, 2.75) is 52.6 Å². The van der Waals surface area contributed by atoms with E-state index in [1.807, 2.05) is 13.8 Å². The minimum atomic E-state index is -0.513. The fraction of sp³-hybridized carbons (Fsp3) is 0.769. The van der Waals surface area contributed by atoms with Crippen LogP contribution in [0.2, 0.25) is 0 Å². The smallest absolute Gasteiger partial charge is 0.321 e. The number of hydrogen-bond donors (Lipinski definition) is 3. The molecule has 0 bridgehead atoms. The van der Waals surface area contributed by atoms with Crippen molar-refractivity contribution in [2.24, 2.45) is 5.92 Å². The average Bonchev–Trinajstić information content (AvgIpc) is 2.85. The molecule has 0 radical (unpaired) electrons. The molecule has 1 aromatic heterocycles. The lowest BCUT2D eigenvalue weighted by atomic mass is 9.97. The summed E-state index contributed by atoms with van der Waals surface area (Å²) in [6.07, 6.45) is 3.16. The normalized spacial score (nSPS) is 12.4. The van der Waals surface area contributed by atoms with Gasteiger partial charge in [0.15, 0.2) is 0 Å². The van der Waals surface area contributed by atoms with Crippen LogP contribution in [0, 0.1) is 5.92 Å². The third-order valence-electron chi connectivity index (χ3n) is 3.22. The summed E-state index contributed by atoms with van der Waals surface area (Å²) in [5.41, 5.74) is 0. The van der Waals surface area contributed by atoms with Gasteiger partial charge >= 0.3 is 6.03 Å². The van der Waals surface area contributed by atoms with Gasteiger partial charge in [-0.25, -0.2) is 4.79 Å². The quantitative estimate of drug-likeness (QED) is 0.688. The summed E-state index contributed by atoms with van der Waals surface area (Å²) in [6.45, 7) is 6.39. The van der Waals surface area contributed by atoms with Crippen molar-refractivity contribution in [1.82, 2.24) is 15.5 Å². The van der Waals surface area contributed by atoms with Gasteiger partial charge in [0.05, 0.1) is 6.10 Å². The highest BCUT2D eigenvalue weighted by atomic mass is 32.1. The number of urea groups is 1. The first-order valence-corrected chi connectivity index (χ1v) is 7.97. The molecular formula is C13H24N4O2S. The fourth-order valence-electron chi connectivity index (χ4n) is 1.96. The van der Waals surface area contributed by atoms with E-state index in [0.29, 0.717) is 5.13 Å². The van der Waals surface area contributed by atoms with Gasteiger partial charge in [0.1, 0.15) is 5.01 Å². The summed E-state index contributed by atoms with van der Waals surface area (Å²) in [5.74, 6) is 0.216. The van der Waals surface area contributed by atoms with E-state index in [1.165, 1.54) is 11.3 Å². The Hall–Kier alpha value is -1.21. The summed E-state index contributed by atoms with van der Waals surface area (Å²) in [7, 11) is 0. The molecule has 0 aliphatic heterocycles. The first kappa shape index (κ1) is 16.8. The van der Waals surface area contributed by atoms with E-state index in [9.17, 15) is 9.90 Å². The number of anilines is 1. The molecule has 1 unspecified atom stereocenters. The number of rotatable bonds is 8. The Bertz CT molecular complexity index is 407. The molecule has 0 saturated heterocycles. The van der Waals surface area contributed by atoms with E-state index in [0.717, 1.165) is 30.7 Å². The van der Waals surface area contributed by atoms with Crippen molar-refractivity contribution in [1.29, 1.82) is 0 Å². The van der Waals surface area contributed by atoms with Crippen LogP contribution in [0.15, 0.2) is 0 Å². The molecule has 0 spiro atoms. The highest BCUT2D eigenvalue weighted by Gasteiger charge is 2.16. The standard InChI is InChI=1S/C13H24N4O2S/c1-4-7-11-16-17-13(20-11)15-12(19)14-8-10(18)9(5-2)6-3/h9-10,18H,4-8H2,1-3H3,(H2,14,15,17,19). The third kappa shape index (κ3) is 5.42. The van der Waals surface area contributed by atoms with Crippen LogP contribution in [0.3, 0.4) is 0 Å². The highest BCUT2D eigenvalue weighted by Crippen LogP contribution is 2.16. The van der Waals surface area contributed by atoms with Crippen LogP contribution in [0.1, 0.15) is 45.0 Å². The van der Waals surface area contributed by atoms with Crippen molar-refractivity contribution in [3.8, 4) is 0 Å². The summed E-state index contributed by atoms with van der Waals surface area (Å²) in [4.78, 5) is 11.7. The zero-order valence-electron chi connectivity index (χ0n) is 12.3. The van der Waals surface area contributed by atoms with Crippen molar-refractivity contribution in [2.75, 3.05) is 11.9 Å². The van der Waals surface area contributed by atoms with Crippen molar-refractivity contribution in [3.05, 3.63) is 5.01 Å². The second kappa shape index (κ2) is 8.86. The topological polar surface area (TPSA) is 87.1 Å². The van der Waals surface area contributed by atoms with Crippen LogP contribution in [0.5, 0.6) is 0 Å². The molecule has 0 fully saturated rings. The fourth-order valence-corrected chi connectivity index (χ4v) is 2.79. The first-order valence-electron chi connectivity index (χ1n) is 7.15. The van der Waals surface area contributed by atoms with Gasteiger partial charge in [0.25, 0.3) is 0 Å². The number of carbonyl (C=O) groups excluding carboxylic acids is 1. The Labute approximate surface area is 124 Å². The molecule has 20 heavy (non-hydrogen) atoms. The SMILES string of the molecule is CCCc1nnc(NC(=O)NCC(O)C(CC)CC)s1. The van der Waals surface area contributed by atoms with Gasteiger partial charge < -0.3 is 10.4 Å². The van der Waals surface area contributed by atoms with Crippen molar-refractivity contribution >= 4 is 22.5 Å². The second-order valence-electron chi connectivity index (χ2n) is 4.73. The molecule has 0 aliphatic carbocycles. The Morgan fingerprint density at radius 3 is 2.60 bits per heavy atom. The van der Waals surface area contributed by atoms with E-state index in [1.54, 1.807) is 0 Å². The Morgan fingerprint density at radius 1 is 1.30 bits per heavy atom. The maximum Gasteiger partial charge on any atom is 0.321 e. The van der Waals surface area contributed by atoms with E-state index in [4.69, 9.17) is 0 Å². The molecule has 1 aromatic rings. The number of carbonyl (C=O) groups is 1. The lowest BCUT2D eigenvalue weighted by Crippen LogP contribution is -2.38. The van der Waals surface area contributed by atoms with Crippen molar-refractivity contribution < 1.29 is 9.90 Å². The largest absolute Gasteiger partial charge is 0.391 e. The van der Waals surface area contributed by atoms with Crippen LogP contribution >= 0.6 is 11.3 Å². The number of amides is 2. The van der Waals surface area contributed by atoms with Gasteiger partial charge in [-0.05, 0) is 12.3 Å². The van der Waals surface area contributed by atoms with Gasteiger partial charge in [-0.2, -0.15) is 0 Å². The molecule has 1 rings (SSSR count).